The van der Waals surface area contributed by atoms with Crippen LogP contribution < -0.4 is 17.0 Å². The lowest BCUT2D eigenvalue weighted by Gasteiger charge is -2.05. The summed E-state index contributed by atoms with van der Waals surface area (Å²) in [5, 5.41) is 0.683. The van der Waals surface area contributed by atoms with Crippen molar-refractivity contribution >= 4 is 35.0 Å². The highest BCUT2D eigenvalue weighted by molar-refractivity contribution is 7.99. The van der Waals surface area contributed by atoms with Gasteiger partial charge in [0.15, 0.2) is 0 Å². The van der Waals surface area contributed by atoms with E-state index in [1.54, 1.807) is 23.9 Å². The Morgan fingerprint density at radius 1 is 1.50 bits per heavy atom. The fourth-order valence-electron chi connectivity index (χ4n) is 1.12. The molecule has 0 saturated heterocycles. The van der Waals surface area contributed by atoms with Crippen LogP contribution in [0.4, 0.5) is 5.69 Å². The highest BCUT2D eigenvalue weighted by atomic mass is 35.5. The quantitative estimate of drug-likeness (QED) is 0.188. The van der Waals surface area contributed by atoms with E-state index in [1.165, 1.54) is 0 Å². The van der Waals surface area contributed by atoms with Crippen molar-refractivity contribution in [3.05, 3.63) is 23.2 Å². The summed E-state index contributed by atoms with van der Waals surface area (Å²) >= 11 is 7.57. The van der Waals surface area contributed by atoms with Gasteiger partial charge in [0.2, 0.25) is 5.91 Å². The Bertz CT molecular complexity index is 373. The number of carbonyl (C=O) groups is 1. The van der Waals surface area contributed by atoms with Crippen molar-refractivity contribution in [2.75, 3.05) is 11.5 Å². The maximum atomic E-state index is 10.9. The maximum Gasteiger partial charge on any atom is 0.233 e. The lowest BCUT2D eigenvalue weighted by molar-refractivity contribution is -0.121. The molecule has 0 saturated carbocycles. The fraction of sp³-hybridized carbons (Fsp3) is 0.300. The van der Waals surface area contributed by atoms with Gasteiger partial charge < -0.3 is 5.73 Å². The van der Waals surface area contributed by atoms with Gasteiger partial charge in [0, 0.05) is 17.0 Å². The molecule has 0 bridgehead atoms. The van der Waals surface area contributed by atoms with E-state index in [0.29, 0.717) is 17.1 Å². The van der Waals surface area contributed by atoms with Gasteiger partial charge in [0.05, 0.1) is 5.02 Å². The van der Waals surface area contributed by atoms with Crippen molar-refractivity contribution in [2.24, 2.45) is 5.84 Å². The van der Waals surface area contributed by atoms with Gasteiger partial charge in [-0.05, 0) is 30.4 Å². The largest absolute Gasteiger partial charge is 0.399 e. The van der Waals surface area contributed by atoms with Gasteiger partial charge in [-0.2, -0.15) is 0 Å². The fourth-order valence-corrected chi connectivity index (χ4v) is 2.33. The van der Waals surface area contributed by atoms with Crippen LogP contribution in [0.1, 0.15) is 12.8 Å². The van der Waals surface area contributed by atoms with E-state index in [1.807, 2.05) is 6.07 Å². The number of rotatable bonds is 5. The van der Waals surface area contributed by atoms with Gasteiger partial charge in [0.25, 0.3) is 0 Å². The third-order valence-corrected chi connectivity index (χ3v) is 3.51. The Kier molecular flexibility index (Phi) is 5.45. The van der Waals surface area contributed by atoms with Crippen LogP contribution in [-0.2, 0) is 4.79 Å². The number of halogens is 1. The van der Waals surface area contributed by atoms with Gasteiger partial charge in [0.1, 0.15) is 0 Å². The smallest absolute Gasteiger partial charge is 0.233 e. The van der Waals surface area contributed by atoms with Crippen molar-refractivity contribution in [3.63, 3.8) is 0 Å². The van der Waals surface area contributed by atoms with E-state index in [-0.39, 0.29) is 5.91 Å². The predicted octanol–water partition coefficient (Wildman–Crippen LogP) is 1.78. The number of carbonyl (C=O) groups excluding carboxylic acids is 1. The second-order valence-electron chi connectivity index (χ2n) is 3.21. The molecule has 0 spiro atoms. The van der Waals surface area contributed by atoms with Crippen molar-refractivity contribution in [2.45, 2.75) is 17.7 Å². The molecule has 4 nitrogen and oxygen atoms in total. The summed E-state index contributed by atoms with van der Waals surface area (Å²) in [7, 11) is 0. The molecular formula is C10H14ClN3OS. The van der Waals surface area contributed by atoms with Crippen molar-refractivity contribution in [1.29, 1.82) is 0 Å². The van der Waals surface area contributed by atoms with Crippen LogP contribution in [0, 0.1) is 0 Å². The lowest BCUT2D eigenvalue weighted by Crippen LogP contribution is -2.29. The second kappa shape index (κ2) is 6.62. The molecule has 16 heavy (non-hydrogen) atoms. The van der Waals surface area contributed by atoms with E-state index in [0.717, 1.165) is 17.1 Å². The lowest BCUT2D eigenvalue weighted by atomic mass is 10.3. The van der Waals surface area contributed by atoms with E-state index >= 15 is 0 Å². The molecule has 0 aromatic heterocycles. The topological polar surface area (TPSA) is 81.1 Å². The molecule has 6 heteroatoms. The maximum absolute atomic E-state index is 10.9. The van der Waals surface area contributed by atoms with Gasteiger partial charge in [-0.25, -0.2) is 5.84 Å². The molecule has 1 aromatic rings. The average molecular weight is 260 g/mol. The Morgan fingerprint density at radius 3 is 2.94 bits per heavy atom. The number of amides is 1. The van der Waals surface area contributed by atoms with E-state index < -0.39 is 0 Å². The molecule has 0 atom stereocenters. The molecule has 1 rings (SSSR count). The molecule has 5 N–H and O–H groups in total. The molecule has 0 radical (unpaired) electrons. The molecule has 0 aliphatic rings. The van der Waals surface area contributed by atoms with Crippen LogP contribution >= 0.6 is 23.4 Å². The SMILES string of the molecule is NNC(=O)CCCSc1cc(N)ccc1Cl. The molecule has 0 fully saturated rings. The highest BCUT2D eigenvalue weighted by Crippen LogP contribution is 2.29. The molecule has 0 aliphatic heterocycles. The van der Waals surface area contributed by atoms with E-state index in [2.05, 4.69) is 5.43 Å². The Morgan fingerprint density at radius 2 is 2.25 bits per heavy atom. The van der Waals surface area contributed by atoms with Crippen molar-refractivity contribution < 1.29 is 4.79 Å². The van der Waals surface area contributed by atoms with Crippen LogP contribution in [0.5, 0.6) is 0 Å². The number of nitrogens with two attached hydrogens (primary N) is 2. The Balaban J connectivity index is 2.37. The van der Waals surface area contributed by atoms with Crippen LogP contribution in [0.3, 0.4) is 0 Å². The summed E-state index contributed by atoms with van der Waals surface area (Å²) in [6.07, 6.45) is 1.17. The molecular weight excluding hydrogens is 246 g/mol. The third-order valence-electron chi connectivity index (χ3n) is 1.92. The van der Waals surface area contributed by atoms with E-state index in [9.17, 15) is 4.79 Å². The summed E-state index contributed by atoms with van der Waals surface area (Å²) in [5.41, 5.74) is 8.43. The average Bonchev–Trinajstić information content (AvgIpc) is 2.28. The van der Waals surface area contributed by atoms with Gasteiger partial charge >= 0.3 is 0 Å². The minimum atomic E-state index is -0.153. The van der Waals surface area contributed by atoms with Crippen molar-refractivity contribution in [3.8, 4) is 0 Å². The van der Waals surface area contributed by atoms with E-state index in [4.69, 9.17) is 23.2 Å². The highest BCUT2D eigenvalue weighted by Gasteiger charge is 2.03. The third kappa shape index (κ3) is 4.30. The number of hydrazine groups is 1. The summed E-state index contributed by atoms with van der Waals surface area (Å²) in [4.78, 5) is 11.8. The first-order valence-electron chi connectivity index (χ1n) is 4.80. The summed E-state index contributed by atoms with van der Waals surface area (Å²) in [6, 6.07) is 5.36. The van der Waals surface area contributed by atoms with Gasteiger partial charge in [-0.1, -0.05) is 11.6 Å². The molecule has 88 valence electrons. The molecule has 1 amide bonds. The van der Waals surface area contributed by atoms with Crippen molar-refractivity contribution in [1.82, 2.24) is 5.43 Å². The number of hydrogen-bond acceptors (Lipinski definition) is 4. The predicted molar refractivity (Wildman–Crippen MR) is 68.2 cm³/mol. The summed E-state index contributed by atoms with van der Waals surface area (Å²) in [5.74, 6) is 5.61. The van der Waals surface area contributed by atoms with Gasteiger partial charge in [-0.15, -0.1) is 11.8 Å². The summed E-state index contributed by atoms with van der Waals surface area (Å²) < 4.78 is 0. The Labute approximate surface area is 104 Å². The zero-order valence-corrected chi connectivity index (χ0v) is 10.3. The van der Waals surface area contributed by atoms with Crippen LogP contribution in [0.15, 0.2) is 23.1 Å². The minimum Gasteiger partial charge on any atom is -0.399 e. The number of nitrogen functional groups attached to an aromatic ring is 1. The normalized spacial score (nSPS) is 10.1. The zero-order valence-electron chi connectivity index (χ0n) is 8.70. The van der Waals surface area contributed by atoms with Crippen LogP contribution in [0.2, 0.25) is 5.02 Å². The summed E-state index contributed by atoms with van der Waals surface area (Å²) in [6.45, 7) is 0. The first-order chi connectivity index (χ1) is 7.63. The first kappa shape index (κ1) is 13.2. The Hall–Kier alpha value is -0.910. The zero-order chi connectivity index (χ0) is 12.0. The monoisotopic (exact) mass is 259 g/mol. The minimum absolute atomic E-state index is 0.153. The number of thioether (sulfide) groups is 1. The standard InChI is InChI=1S/C10H14ClN3OS/c11-8-4-3-7(12)6-9(8)16-5-1-2-10(15)14-13/h3-4,6H,1-2,5,12-13H2,(H,14,15). The number of hydrogen-bond donors (Lipinski definition) is 3. The molecule has 0 aliphatic carbocycles. The second-order valence-corrected chi connectivity index (χ2v) is 4.75. The van der Waals surface area contributed by atoms with Gasteiger partial charge in [-0.3, -0.25) is 10.2 Å². The van der Waals surface area contributed by atoms with Crippen LogP contribution in [-0.4, -0.2) is 11.7 Å². The molecule has 1 aromatic carbocycles. The van der Waals surface area contributed by atoms with Crippen LogP contribution in [0.25, 0.3) is 0 Å². The number of benzene rings is 1. The molecule has 0 unspecified atom stereocenters. The number of nitrogens with one attached hydrogen (secondary N) is 1. The number of anilines is 1. The molecule has 0 heterocycles. The first-order valence-corrected chi connectivity index (χ1v) is 6.17.